The van der Waals surface area contributed by atoms with E-state index in [0.717, 1.165) is 26.0 Å². The van der Waals surface area contributed by atoms with E-state index >= 15 is 0 Å². The standard InChI is InChI=1S/C27H33F6N3O5/c1-16-14-36(20(24(40)41-2)5-6-22(38)34-12-10-25(8-9-25)21(37)15-34)23(39)7-11-35(16)17-3-4-18(26(28,29)30)19(13-17)27(31,32)33/h3-4,13,16,20-21,37H,5-12,14-15H2,1-2H3. The van der Waals surface area contributed by atoms with Crippen molar-refractivity contribution in [2.75, 3.05) is 38.2 Å². The van der Waals surface area contributed by atoms with Gasteiger partial charge in [-0.3, -0.25) is 9.59 Å². The van der Waals surface area contributed by atoms with Crippen LogP contribution in [0.5, 0.6) is 0 Å². The summed E-state index contributed by atoms with van der Waals surface area (Å²) in [5.41, 5.74) is -3.88. The molecule has 2 saturated heterocycles. The quantitative estimate of drug-likeness (QED) is 0.398. The zero-order valence-corrected chi connectivity index (χ0v) is 22.7. The van der Waals surface area contributed by atoms with Gasteiger partial charge in [0.05, 0.1) is 24.3 Å². The predicted octanol–water partition coefficient (Wildman–Crippen LogP) is 3.85. The molecule has 3 unspecified atom stereocenters. The number of aliphatic hydroxyl groups excluding tert-OH is 1. The molecule has 3 fully saturated rings. The maximum Gasteiger partial charge on any atom is 0.417 e. The number of methoxy groups -OCH3 is 1. The van der Waals surface area contributed by atoms with Gasteiger partial charge in [-0.25, -0.2) is 4.79 Å². The van der Waals surface area contributed by atoms with Crippen LogP contribution in [0.3, 0.4) is 0 Å². The summed E-state index contributed by atoms with van der Waals surface area (Å²) in [4.78, 5) is 42.9. The number of hydrogen-bond acceptors (Lipinski definition) is 6. The minimum atomic E-state index is -5.26. The van der Waals surface area contributed by atoms with Crippen molar-refractivity contribution in [2.24, 2.45) is 5.41 Å². The number of ether oxygens (including phenoxy) is 1. The highest BCUT2D eigenvalue weighted by molar-refractivity contribution is 5.86. The van der Waals surface area contributed by atoms with Crippen LogP contribution in [0.15, 0.2) is 18.2 Å². The van der Waals surface area contributed by atoms with Gasteiger partial charge in [0.2, 0.25) is 11.8 Å². The van der Waals surface area contributed by atoms with E-state index in [9.17, 15) is 45.8 Å². The number of benzene rings is 1. The van der Waals surface area contributed by atoms with E-state index in [1.165, 1.54) is 9.80 Å². The summed E-state index contributed by atoms with van der Waals surface area (Å²) < 4.78 is 85.2. The summed E-state index contributed by atoms with van der Waals surface area (Å²) in [7, 11) is 1.13. The van der Waals surface area contributed by atoms with Gasteiger partial charge in [-0.05, 0) is 56.2 Å². The SMILES string of the molecule is COC(=O)C(CCC(=O)N1CCC2(CC2)C(O)C1)N1CC(C)N(c2ccc(C(F)(F)F)c(C(F)(F)F)c2)CCC1=O. The average Bonchev–Trinajstić information content (AvgIpc) is 3.70. The maximum absolute atomic E-state index is 13.5. The lowest BCUT2D eigenvalue weighted by Crippen LogP contribution is -2.50. The summed E-state index contributed by atoms with van der Waals surface area (Å²) in [5, 5.41) is 10.4. The molecule has 1 N–H and O–H groups in total. The van der Waals surface area contributed by atoms with Gasteiger partial charge >= 0.3 is 18.3 Å². The fourth-order valence-corrected chi connectivity index (χ4v) is 5.89. The van der Waals surface area contributed by atoms with Gasteiger partial charge in [-0.2, -0.15) is 26.3 Å². The zero-order chi connectivity index (χ0) is 30.3. The smallest absolute Gasteiger partial charge is 0.417 e. The van der Waals surface area contributed by atoms with Crippen LogP contribution < -0.4 is 4.90 Å². The van der Waals surface area contributed by atoms with E-state index in [-0.39, 0.29) is 55.9 Å². The third-order valence-corrected chi connectivity index (χ3v) is 8.53. The molecule has 1 aliphatic carbocycles. The lowest BCUT2D eigenvalue weighted by Gasteiger charge is -2.37. The molecule has 2 amide bonds. The molecule has 2 heterocycles. The molecule has 0 bridgehead atoms. The van der Waals surface area contributed by atoms with E-state index in [1.807, 2.05) is 0 Å². The second-order valence-corrected chi connectivity index (χ2v) is 11.1. The second-order valence-electron chi connectivity index (χ2n) is 11.1. The van der Waals surface area contributed by atoms with Crippen LogP contribution in [0.4, 0.5) is 32.0 Å². The Labute approximate surface area is 233 Å². The first-order valence-corrected chi connectivity index (χ1v) is 13.5. The van der Waals surface area contributed by atoms with E-state index in [0.29, 0.717) is 25.1 Å². The number of likely N-dealkylation sites (tertiary alicyclic amines) is 1. The summed E-state index contributed by atoms with van der Waals surface area (Å²) in [5.74, 6) is -1.56. The molecule has 1 aromatic rings. The molecule has 1 spiro atoms. The number of β-amino-alcohol motifs (C(OH)–C–C–N with tert-alkyl or cyclic N) is 1. The van der Waals surface area contributed by atoms with Crippen molar-refractivity contribution in [3.05, 3.63) is 29.3 Å². The van der Waals surface area contributed by atoms with Gasteiger partial charge in [0.15, 0.2) is 0 Å². The number of carbonyl (C=O) groups is 3. The third-order valence-electron chi connectivity index (χ3n) is 8.53. The Morgan fingerprint density at radius 3 is 2.27 bits per heavy atom. The van der Waals surface area contributed by atoms with Crippen LogP contribution in [0, 0.1) is 5.41 Å². The van der Waals surface area contributed by atoms with Crippen molar-refractivity contribution in [3.8, 4) is 0 Å². The number of rotatable bonds is 6. The van der Waals surface area contributed by atoms with Gasteiger partial charge in [-0.1, -0.05) is 0 Å². The molecule has 2 aliphatic heterocycles. The molecule has 1 aromatic carbocycles. The van der Waals surface area contributed by atoms with Crippen LogP contribution in [-0.4, -0.2) is 84.2 Å². The molecular weight excluding hydrogens is 560 g/mol. The van der Waals surface area contributed by atoms with Crippen molar-refractivity contribution >= 4 is 23.5 Å². The van der Waals surface area contributed by atoms with Crippen molar-refractivity contribution in [3.63, 3.8) is 0 Å². The molecule has 3 aliphatic rings. The fourth-order valence-electron chi connectivity index (χ4n) is 5.89. The molecule has 41 heavy (non-hydrogen) atoms. The second kappa shape index (κ2) is 11.3. The third kappa shape index (κ3) is 6.57. The van der Waals surface area contributed by atoms with Crippen LogP contribution in [0.25, 0.3) is 0 Å². The molecule has 0 radical (unpaired) electrons. The first-order valence-electron chi connectivity index (χ1n) is 13.5. The number of piperidine rings is 1. The van der Waals surface area contributed by atoms with Crippen molar-refractivity contribution in [1.82, 2.24) is 9.80 Å². The first kappa shape index (κ1) is 30.9. The Kier molecular flexibility index (Phi) is 8.55. The van der Waals surface area contributed by atoms with E-state index in [4.69, 9.17) is 4.74 Å². The summed E-state index contributed by atoms with van der Waals surface area (Å²) in [6, 6.07) is -0.102. The highest BCUT2D eigenvalue weighted by Crippen LogP contribution is 2.53. The normalized spacial score (nSPS) is 23.8. The highest BCUT2D eigenvalue weighted by Gasteiger charge is 2.52. The number of halogens is 6. The van der Waals surface area contributed by atoms with Crippen LogP contribution in [-0.2, 0) is 31.5 Å². The Morgan fingerprint density at radius 1 is 1.05 bits per heavy atom. The van der Waals surface area contributed by atoms with Gasteiger partial charge in [0, 0.05) is 50.7 Å². The van der Waals surface area contributed by atoms with Crippen LogP contribution in [0.1, 0.15) is 56.6 Å². The topological polar surface area (TPSA) is 90.4 Å². The molecule has 0 aromatic heterocycles. The molecular formula is C27H33F6N3O5. The monoisotopic (exact) mass is 593 g/mol. The molecule has 228 valence electrons. The number of nitrogens with zero attached hydrogens (tertiary/aromatic N) is 3. The number of alkyl halides is 6. The zero-order valence-electron chi connectivity index (χ0n) is 22.7. The van der Waals surface area contributed by atoms with Crippen LogP contribution in [0.2, 0.25) is 0 Å². The van der Waals surface area contributed by atoms with Crippen molar-refractivity contribution in [1.29, 1.82) is 0 Å². The first-order chi connectivity index (χ1) is 19.1. The minimum Gasteiger partial charge on any atom is -0.467 e. The van der Waals surface area contributed by atoms with Gasteiger partial charge < -0.3 is 24.5 Å². The summed E-state index contributed by atoms with van der Waals surface area (Å²) in [6.07, 6.45) is -8.93. The summed E-state index contributed by atoms with van der Waals surface area (Å²) in [6.45, 7) is 2.03. The Balaban J connectivity index is 1.49. The Hall–Kier alpha value is -3.03. The maximum atomic E-state index is 13.5. The highest BCUT2D eigenvalue weighted by atomic mass is 19.4. The molecule has 4 rings (SSSR count). The van der Waals surface area contributed by atoms with Gasteiger partial charge in [-0.15, -0.1) is 0 Å². The van der Waals surface area contributed by atoms with Crippen molar-refractivity contribution < 1.29 is 50.6 Å². The largest absolute Gasteiger partial charge is 0.467 e. The molecule has 8 nitrogen and oxygen atoms in total. The fraction of sp³-hybridized carbons (Fsp3) is 0.667. The van der Waals surface area contributed by atoms with Gasteiger partial charge in [0.1, 0.15) is 6.04 Å². The number of esters is 1. The summed E-state index contributed by atoms with van der Waals surface area (Å²) >= 11 is 0. The Morgan fingerprint density at radius 2 is 1.71 bits per heavy atom. The van der Waals surface area contributed by atoms with Crippen molar-refractivity contribution in [2.45, 2.75) is 76.0 Å². The van der Waals surface area contributed by atoms with E-state index in [2.05, 4.69) is 0 Å². The van der Waals surface area contributed by atoms with E-state index in [1.54, 1.807) is 11.8 Å². The minimum absolute atomic E-state index is 0.0692. The van der Waals surface area contributed by atoms with Crippen LogP contribution >= 0.6 is 0 Å². The molecule has 1 saturated carbocycles. The number of carbonyl (C=O) groups excluding carboxylic acids is 3. The number of hydrogen-bond donors (Lipinski definition) is 1. The van der Waals surface area contributed by atoms with Gasteiger partial charge in [0.25, 0.3) is 0 Å². The number of amides is 2. The lowest BCUT2D eigenvalue weighted by molar-refractivity contribution is -0.162. The van der Waals surface area contributed by atoms with E-state index < -0.39 is 53.5 Å². The average molecular weight is 594 g/mol. The predicted molar refractivity (Wildman–Crippen MR) is 133 cm³/mol. The number of anilines is 1. The lowest BCUT2D eigenvalue weighted by atomic mass is 9.90. The Bertz CT molecular complexity index is 1170. The molecule has 14 heteroatoms. The number of aliphatic hydroxyl groups is 1. The molecule has 3 atom stereocenters.